The molecule has 3 rings (SSSR count). The number of rotatable bonds is 8. The third-order valence-electron chi connectivity index (χ3n) is 5.15. The molecule has 0 aromatic heterocycles. The molecule has 7 heteroatoms. The zero-order valence-corrected chi connectivity index (χ0v) is 18.0. The van der Waals surface area contributed by atoms with Crippen molar-refractivity contribution in [2.24, 2.45) is 0 Å². The highest BCUT2D eigenvalue weighted by Gasteiger charge is 2.39. The lowest BCUT2D eigenvalue weighted by Crippen LogP contribution is -2.49. The van der Waals surface area contributed by atoms with Crippen molar-refractivity contribution >= 4 is 12.0 Å². The Morgan fingerprint density at radius 3 is 2.58 bits per heavy atom. The molecule has 2 amide bonds. The number of halogens is 1. The summed E-state index contributed by atoms with van der Waals surface area (Å²) < 4.78 is 25.8. The van der Waals surface area contributed by atoms with E-state index in [1.54, 1.807) is 32.0 Å². The van der Waals surface area contributed by atoms with Crippen LogP contribution in [0, 0.1) is 5.82 Å². The second-order valence-corrected chi connectivity index (χ2v) is 7.02. The molecule has 1 aliphatic rings. The summed E-state index contributed by atoms with van der Waals surface area (Å²) in [4.78, 5) is 27.2. The number of ether oxygens (including phenoxy) is 2. The number of aryl methyl sites for hydroxylation is 1. The molecule has 6 nitrogen and oxygen atoms in total. The van der Waals surface area contributed by atoms with Gasteiger partial charge in [0.25, 0.3) is 0 Å². The maximum Gasteiger partial charge on any atom is 0.338 e. The molecule has 1 heterocycles. The van der Waals surface area contributed by atoms with Crippen LogP contribution in [0.25, 0.3) is 0 Å². The van der Waals surface area contributed by atoms with Crippen molar-refractivity contribution in [1.29, 1.82) is 0 Å². The van der Waals surface area contributed by atoms with Gasteiger partial charge in [-0.1, -0.05) is 37.3 Å². The minimum absolute atomic E-state index is 0.0342. The van der Waals surface area contributed by atoms with E-state index < -0.39 is 23.9 Å². The highest BCUT2D eigenvalue weighted by atomic mass is 19.1. The number of nitrogens with one attached hydrogen (secondary N) is 1. The van der Waals surface area contributed by atoms with Crippen molar-refractivity contribution in [2.75, 3.05) is 19.8 Å². The van der Waals surface area contributed by atoms with Crippen LogP contribution in [0.15, 0.2) is 59.8 Å². The van der Waals surface area contributed by atoms with Gasteiger partial charge < -0.3 is 14.8 Å². The predicted molar refractivity (Wildman–Crippen MR) is 115 cm³/mol. The first-order valence-electron chi connectivity index (χ1n) is 10.4. The number of urea groups is 1. The number of nitrogens with zero attached hydrogens (tertiary/aromatic N) is 1. The second kappa shape index (κ2) is 10.1. The first-order chi connectivity index (χ1) is 15.0. The quantitative estimate of drug-likeness (QED) is 0.637. The summed E-state index contributed by atoms with van der Waals surface area (Å²) in [5, 5.41) is 2.74. The molecule has 0 spiro atoms. The third-order valence-corrected chi connectivity index (χ3v) is 5.15. The summed E-state index contributed by atoms with van der Waals surface area (Å²) in [6.45, 7) is 5.97. The minimum atomic E-state index is -0.976. The number of amides is 2. The summed E-state index contributed by atoms with van der Waals surface area (Å²) in [6, 6.07) is 12.3. The number of benzene rings is 2. The Labute approximate surface area is 181 Å². The molecule has 0 unspecified atom stereocenters. The van der Waals surface area contributed by atoms with Crippen LogP contribution in [0.5, 0.6) is 5.75 Å². The fraction of sp³-hybridized carbons (Fsp3) is 0.333. The summed E-state index contributed by atoms with van der Waals surface area (Å²) in [5.41, 5.74) is 1.83. The van der Waals surface area contributed by atoms with Gasteiger partial charge in [0.2, 0.25) is 0 Å². The summed E-state index contributed by atoms with van der Waals surface area (Å²) in [6.07, 6.45) is 0.854. The molecule has 1 atom stereocenters. The van der Waals surface area contributed by atoms with E-state index in [0.717, 1.165) is 12.0 Å². The number of likely N-dealkylation sites (N-methyl/N-ethyl adjacent to an activating group) is 1. The van der Waals surface area contributed by atoms with Gasteiger partial charge >= 0.3 is 12.0 Å². The molecule has 0 radical (unpaired) electrons. The van der Waals surface area contributed by atoms with E-state index in [-0.39, 0.29) is 24.4 Å². The molecule has 0 aliphatic carbocycles. The van der Waals surface area contributed by atoms with Crippen LogP contribution in [0.1, 0.15) is 37.9 Å². The van der Waals surface area contributed by atoms with Gasteiger partial charge in [-0.3, -0.25) is 4.90 Å². The molecule has 2 aromatic carbocycles. The standard InChI is InChI=1S/C24H27FN2O4/c1-4-16-10-9-11-17(14-16)31-15-20-21(23(28)30-6-3)22(26-24(29)27(20)5-2)18-12-7-8-13-19(18)25/h7-14,22H,4-6,15H2,1-3H3,(H,26,29)/t22-/m1/s1. The fourth-order valence-corrected chi connectivity index (χ4v) is 3.59. The largest absolute Gasteiger partial charge is 0.487 e. The van der Waals surface area contributed by atoms with Crippen molar-refractivity contribution in [3.8, 4) is 5.75 Å². The molecule has 0 saturated heterocycles. The maximum atomic E-state index is 14.6. The summed E-state index contributed by atoms with van der Waals surface area (Å²) in [5.74, 6) is -0.509. The SMILES string of the molecule is CCOC(=O)C1=C(COc2cccc(CC)c2)N(CC)C(=O)N[C@@H]1c1ccccc1F. The third kappa shape index (κ3) is 4.87. The molecule has 2 aromatic rings. The molecule has 164 valence electrons. The Morgan fingerprint density at radius 2 is 1.90 bits per heavy atom. The first kappa shape index (κ1) is 22.3. The zero-order chi connectivity index (χ0) is 22.4. The van der Waals surface area contributed by atoms with E-state index in [1.807, 2.05) is 31.2 Å². The lowest BCUT2D eigenvalue weighted by Gasteiger charge is -2.36. The molecule has 0 saturated carbocycles. The highest BCUT2D eigenvalue weighted by Crippen LogP contribution is 2.33. The van der Waals surface area contributed by atoms with Gasteiger partial charge in [-0.25, -0.2) is 14.0 Å². The van der Waals surface area contributed by atoms with Crippen LogP contribution in [0.2, 0.25) is 0 Å². The van der Waals surface area contributed by atoms with Crippen LogP contribution in [0.4, 0.5) is 9.18 Å². The van der Waals surface area contributed by atoms with Gasteiger partial charge in [0, 0.05) is 12.1 Å². The predicted octanol–water partition coefficient (Wildman–Crippen LogP) is 4.37. The Bertz CT molecular complexity index is 989. The van der Waals surface area contributed by atoms with Crippen LogP contribution < -0.4 is 10.1 Å². The number of hydrogen-bond donors (Lipinski definition) is 1. The van der Waals surface area contributed by atoms with Crippen LogP contribution in [-0.2, 0) is 16.0 Å². The van der Waals surface area contributed by atoms with Gasteiger partial charge in [0.1, 0.15) is 18.2 Å². The van der Waals surface area contributed by atoms with Gasteiger partial charge in [0.15, 0.2) is 0 Å². The maximum absolute atomic E-state index is 14.6. The van der Waals surface area contributed by atoms with E-state index in [9.17, 15) is 14.0 Å². The highest BCUT2D eigenvalue weighted by molar-refractivity contribution is 5.95. The molecule has 1 aliphatic heterocycles. The lowest BCUT2D eigenvalue weighted by atomic mass is 9.94. The van der Waals surface area contributed by atoms with E-state index >= 15 is 0 Å². The van der Waals surface area contributed by atoms with Crippen LogP contribution in [0.3, 0.4) is 0 Å². The Kier molecular flexibility index (Phi) is 7.28. The Morgan fingerprint density at radius 1 is 1.13 bits per heavy atom. The number of hydrogen-bond acceptors (Lipinski definition) is 4. The topological polar surface area (TPSA) is 67.9 Å². The van der Waals surface area contributed by atoms with Crippen LogP contribution >= 0.6 is 0 Å². The second-order valence-electron chi connectivity index (χ2n) is 7.02. The van der Waals surface area contributed by atoms with Crippen molar-refractivity contribution in [3.63, 3.8) is 0 Å². The number of carbonyl (C=O) groups excluding carboxylic acids is 2. The molecule has 1 N–H and O–H groups in total. The Hall–Kier alpha value is -3.35. The number of esters is 1. The first-order valence-corrected chi connectivity index (χ1v) is 10.4. The van der Waals surface area contributed by atoms with Gasteiger partial charge in [-0.15, -0.1) is 0 Å². The average molecular weight is 426 g/mol. The minimum Gasteiger partial charge on any atom is -0.487 e. The average Bonchev–Trinajstić information content (AvgIpc) is 2.77. The molecule has 0 bridgehead atoms. The molecular formula is C24H27FN2O4. The fourth-order valence-electron chi connectivity index (χ4n) is 3.59. The van der Waals surface area contributed by atoms with Crippen molar-refractivity contribution in [1.82, 2.24) is 10.2 Å². The Balaban J connectivity index is 2.07. The molecular weight excluding hydrogens is 399 g/mol. The van der Waals surface area contributed by atoms with E-state index in [1.165, 1.54) is 11.0 Å². The summed E-state index contributed by atoms with van der Waals surface area (Å²) >= 11 is 0. The van der Waals surface area contributed by atoms with Gasteiger partial charge in [-0.2, -0.15) is 0 Å². The number of carbonyl (C=O) groups is 2. The van der Waals surface area contributed by atoms with Crippen molar-refractivity contribution in [3.05, 3.63) is 76.7 Å². The monoisotopic (exact) mass is 426 g/mol. The molecule has 0 fully saturated rings. The summed E-state index contributed by atoms with van der Waals surface area (Å²) in [7, 11) is 0. The van der Waals surface area contributed by atoms with Gasteiger partial charge in [0.05, 0.1) is 23.9 Å². The zero-order valence-electron chi connectivity index (χ0n) is 18.0. The van der Waals surface area contributed by atoms with E-state index in [0.29, 0.717) is 18.0 Å². The lowest BCUT2D eigenvalue weighted by molar-refractivity contribution is -0.139. The van der Waals surface area contributed by atoms with E-state index in [2.05, 4.69) is 5.32 Å². The van der Waals surface area contributed by atoms with Crippen molar-refractivity contribution in [2.45, 2.75) is 33.2 Å². The normalized spacial score (nSPS) is 16.2. The van der Waals surface area contributed by atoms with Crippen LogP contribution in [-0.4, -0.2) is 36.7 Å². The smallest absolute Gasteiger partial charge is 0.338 e. The van der Waals surface area contributed by atoms with Crippen molar-refractivity contribution < 1.29 is 23.5 Å². The van der Waals surface area contributed by atoms with Gasteiger partial charge in [-0.05, 0) is 44.0 Å². The van der Waals surface area contributed by atoms with E-state index in [4.69, 9.17) is 9.47 Å². The molecule has 31 heavy (non-hydrogen) atoms.